The minimum atomic E-state index is -0.911. The number of hydrogen-bond acceptors (Lipinski definition) is 5. The van der Waals surface area contributed by atoms with E-state index in [1.165, 1.54) is 7.11 Å². The van der Waals surface area contributed by atoms with Gasteiger partial charge in [-0.05, 0) is 36.8 Å². The summed E-state index contributed by atoms with van der Waals surface area (Å²) in [5, 5.41) is 0. The molecule has 1 aliphatic rings. The number of amides is 1. The van der Waals surface area contributed by atoms with Crippen LogP contribution in [0.5, 0.6) is 5.75 Å². The molecule has 0 unspecified atom stereocenters. The number of imidazole rings is 1. The van der Waals surface area contributed by atoms with E-state index in [2.05, 4.69) is 9.72 Å². The fourth-order valence-corrected chi connectivity index (χ4v) is 3.18. The molecule has 27 heavy (non-hydrogen) atoms. The molecule has 7 nitrogen and oxygen atoms in total. The molecule has 1 amide bonds. The number of aryl methyl sites for hydroxylation is 1. The summed E-state index contributed by atoms with van der Waals surface area (Å²) in [7, 11) is 1.29. The standard InChI is InChI=1S/C20H19N3O4/c1-13-7-8-22-11-14(21-18(22)9-13)12-23-15-5-3-4-6-16(15)27-17(20(23)25)10-19(24)26-2/h3-9,11,17H,10,12H2,1-2H3/t17-/m1/s1. The van der Waals surface area contributed by atoms with Crippen molar-refractivity contribution < 1.29 is 19.1 Å². The van der Waals surface area contributed by atoms with Crippen molar-refractivity contribution in [2.45, 2.75) is 26.0 Å². The molecule has 4 rings (SSSR count). The van der Waals surface area contributed by atoms with Gasteiger partial charge in [0, 0.05) is 12.4 Å². The van der Waals surface area contributed by atoms with Crippen molar-refractivity contribution in [3.63, 3.8) is 0 Å². The maximum absolute atomic E-state index is 13.0. The number of pyridine rings is 1. The zero-order valence-corrected chi connectivity index (χ0v) is 15.1. The van der Waals surface area contributed by atoms with Crippen molar-refractivity contribution in [1.82, 2.24) is 9.38 Å². The molecule has 1 aliphatic heterocycles. The highest BCUT2D eigenvalue weighted by Gasteiger charge is 2.36. The van der Waals surface area contributed by atoms with Crippen LogP contribution < -0.4 is 9.64 Å². The van der Waals surface area contributed by atoms with Crippen molar-refractivity contribution in [1.29, 1.82) is 0 Å². The van der Waals surface area contributed by atoms with Crippen molar-refractivity contribution >= 4 is 23.2 Å². The number of carbonyl (C=O) groups excluding carboxylic acids is 2. The highest BCUT2D eigenvalue weighted by molar-refractivity contribution is 6.01. The second-order valence-electron chi connectivity index (χ2n) is 6.48. The Morgan fingerprint density at radius 3 is 2.93 bits per heavy atom. The first kappa shape index (κ1) is 17.1. The van der Waals surface area contributed by atoms with Crippen LogP contribution in [0.2, 0.25) is 0 Å². The zero-order chi connectivity index (χ0) is 19.0. The number of carbonyl (C=O) groups is 2. The molecule has 0 saturated carbocycles. The Kier molecular flexibility index (Phi) is 4.27. The molecular weight excluding hydrogens is 346 g/mol. The molecule has 0 spiro atoms. The number of anilines is 1. The van der Waals surface area contributed by atoms with Gasteiger partial charge in [-0.1, -0.05) is 12.1 Å². The van der Waals surface area contributed by atoms with Gasteiger partial charge in [0.15, 0.2) is 6.10 Å². The maximum Gasteiger partial charge on any atom is 0.309 e. The molecule has 3 aromatic rings. The normalized spacial score (nSPS) is 16.1. The Hall–Kier alpha value is -3.35. The van der Waals surface area contributed by atoms with Gasteiger partial charge in [0.2, 0.25) is 0 Å². The van der Waals surface area contributed by atoms with Gasteiger partial charge in [0.25, 0.3) is 5.91 Å². The number of para-hydroxylation sites is 2. The molecule has 2 aromatic heterocycles. The van der Waals surface area contributed by atoms with Crippen LogP contribution >= 0.6 is 0 Å². The van der Waals surface area contributed by atoms with Gasteiger partial charge < -0.3 is 13.9 Å². The average molecular weight is 365 g/mol. The van der Waals surface area contributed by atoms with E-state index in [0.29, 0.717) is 11.4 Å². The van der Waals surface area contributed by atoms with E-state index >= 15 is 0 Å². The van der Waals surface area contributed by atoms with E-state index in [-0.39, 0.29) is 18.9 Å². The first-order chi connectivity index (χ1) is 13.0. The third kappa shape index (κ3) is 3.23. The predicted molar refractivity (Wildman–Crippen MR) is 98.6 cm³/mol. The number of rotatable bonds is 4. The minimum absolute atomic E-state index is 0.134. The topological polar surface area (TPSA) is 73.1 Å². The van der Waals surface area contributed by atoms with Crippen LogP contribution in [0.3, 0.4) is 0 Å². The van der Waals surface area contributed by atoms with Crippen LogP contribution in [0.4, 0.5) is 5.69 Å². The summed E-state index contributed by atoms with van der Waals surface area (Å²) in [5.41, 5.74) is 3.36. The SMILES string of the molecule is COC(=O)C[C@H]1Oc2ccccc2N(Cc2cn3ccc(C)cc3n2)C1=O. The Labute approximate surface area is 156 Å². The van der Waals surface area contributed by atoms with Crippen molar-refractivity contribution in [3.05, 3.63) is 60.0 Å². The van der Waals surface area contributed by atoms with Gasteiger partial charge in [-0.2, -0.15) is 0 Å². The van der Waals surface area contributed by atoms with E-state index in [1.54, 1.807) is 11.0 Å². The van der Waals surface area contributed by atoms with Crippen molar-refractivity contribution in [3.8, 4) is 5.75 Å². The number of ether oxygens (including phenoxy) is 2. The van der Waals surface area contributed by atoms with E-state index in [1.807, 2.05) is 54.0 Å². The van der Waals surface area contributed by atoms with Gasteiger partial charge in [-0.25, -0.2) is 4.98 Å². The van der Waals surface area contributed by atoms with Crippen molar-refractivity contribution in [2.75, 3.05) is 12.0 Å². The number of aromatic nitrogens is 2. The zero-order valence-electron chi connectivity index (χ0n) is 15.1. The summed E-state index contributed by atoms with van der Waals surface area (Å²) >= 11 is 0. The molecule has 0 bridgehead atoms. The fourth-order valence-electron chi connectivity index (χ4n) is 3.18. The Morgan fingerprint density at radius 2 is 2.11 bits per heavy atom. The lowest BCUT2D eigenvalue weighted by Crippen LogP contribution is -2.46. The molecule has 0 fully saturated rings. The number of fused-ring (bicyclic) bond motifs is 2. The Balaban J connectivity index is 1.68. The maximum atomic E-state index is 13.0. The van der Waals surface area contributed by atoms with Gasteiger partial charge in [0.05, 0.1) is 31.5 Å². The summed E-state index contributed by atoms with van der Waals surface area (Å²) in [6.45, 7) is 2.30. The predicted octanol–water partition coefficient (Wildman–Crippen LogP) is 2.50. The number of benzene rings is 1. The summed E-state index contributed by atoms with van der Waals surface area (Å²) in [6, 6.07) is 11.3. The minimum Gasteiger partial charge on any atom is -0.478 e. The van der Waals surface area contributed by atoms with E-state index in [0.717, 1.165) is 16.9 Å². The van der Waals surface area contributed by atoms with E-state index < -0.39 is 12.1 Å². The second-order valence-corrected chi connectivity index (χ2v) is 6.48. The molecule has 3 heterocycles. The van der Waals surface area contributed by atoms with Crippen LogP contribution in [-0.4, -0.2) is 34.5 Å². The molecule has 1 atom stereocenters. The highest BCUT2D eigenvalue weighted by Crippen LogP contribution is 2.35. The van der Waals surface area contributed by atoms with Crippen LogP contribution in [0.15, 0.2) is 48.8 Å². The van der Waals surface area contributed by atoms with Gasteiger partial charge in [-0.15, -0.1) is 0 Å². The third-order valence-electron chi connectivity index (χ3n) is 4.53. The van der Waals surface area contributed by atoms with Crippen molar-refractivity contribution in [2.24, 2.45) is 0 Å². The second kappa shape index (κ2) is 6.75. The van der Waals surface area contributed by atoms with Crippen LogP contribution in [0.25, 0.3) is 5.65 Å². The molecule has 138 valence electrons. The summed E-state index contributed by atoms with van der Waals surface area (Å²) in [5.74, 6) is -0.214. The lowest BCUT2D eigenvalue weighted by atomic mass is 10.1. The molecule has 0 N–H and O–H groups in total. The van der Waals surface area contributed by atoms with Gasteiger partial charge >= 0.3 is 5.97 Å². The average Bonchev–Trinajstić information content (AvgIpc) is 3.06. The molecular formula is C20H19N3O4. The molecule has 0 radical (unpaired) electrons. The fraction of sp³-hybridized carbons (Fsp3) is 0.250. The third-order valence-corrected chi connectivity index (χ3v) is 4.53. The molecule has 0 aliphatic carbocycles. The highest BCUT2D eigenvalue weighted by atomic mass is 16.5. The number of hydrogen-bond donors (Lipinski definition) is 0. The number of esters is 1. The van der Waals surface area contributed by atoms with Crippen LogP contribution in [0.1, 0.15) is 17.7 Å². The van der Waals surface area contributed by atoms with Gasteiger partial charge in [0.1, 0.15) is 11.4 Å². The monoisotopic (exact) mass is 365 g/mol. The Morgan fingerprint density at radius 1 is 1.30 bits per heavy atom. The van der Waals surface area contributed by atoms with Crippen LogP contribution in [0, 0.1) is 6.92 Å². The smallest absolute Gasteiger partial charge is 0.309 e. The summed E-state index contributed by atoms with van der Waals surface area (Å²) in [4.78, 5) is 30.9. The van der Waals surface area contributed by atoms with Crippen LogP contribution in [-0.2, 0) is 20.9 Å². The first-order valence-corrected chi connectivity index (χ1v) is 8.63. The molecule has 1 aromatic carbocycles. The number of methoxy groups -OCH3 is 1. The summed E-state index contributed by atoms with van der Waals surface area (Å²) in [6.07, 6.45) is 2.79. The van der Waals surface area contributed by atoms with Gasteiger partial charge in [-0.3, -0.25) is 14.5 Å². The molecule has 7 heteroatoms. The van der Waals surface area contributed by atoms with E-state index in [9.17, 15) is 9.59 Å². The molecule has 0 saturated heterocycles. The first-order valence-electron chi connectivity index (χ1n) is 8.63. The lowest BCUT2D eigenvalue weighted by molar-refractivity contribution is -0.145. The number of nitrogens with zero attached hydrogens (tertiary/aromatic N) is 3. The largest absolute Gasteiger partial charge is 0.478 e. The van der Waals surface area contributed by atoms with E-state index in [4.69, 9.17) is 4.74 Å². The quantitative estimate of drug-likeness (QED) is 0.664. The lowest BCUT2D eigenvalue weighted by Gasteiger charge is -2.33. The summed E-state index contributed by atoms with van der Waals surface area (Å²) < 4.78 is 12.4. The Bertz CT molecular complexity index is 1030.